The summed E-state index contributed by atoms with van der Waals surface area (Å²) < 4.78 is 5.78. The molecule has 2 rings (SSSR count). The molecule has 1 fully saturated rings. The number of quaternary nitrogens is 1. The molecule has 0 aliphatic carbocycles. The number of aliphatic hydroxyl groups is 1. The zero-order valence-electron chi connectivity index (χ0n) is 13.9. The number of aliphatic hydroxyl groups excluding tert-OH is 1. The zero-order chi connectivity index (χ0) is 15.4. The van der Waals surface area contributed by atoms with E-state index in [2.05, 4.69) is 33.8 Å². The normalized spacial score (nSPS) is 24.8. The highest BCUT2D eigenvalue weighted by atomic mass is 16.5. The third kappa shape index (κ3) is 4.72. The first-order chi connectivity index (χ1) is 9.95. The number of likely N-dealkylation sites (tertiary alicyclic amines) is 1. The van der Waals surface area contributed by atoms with Crippen LogP contribution in [0.2, 0.25) is 0 Å². The van der Waals surface area contributed by atoms with Crippen molar-refractivity contribution < 1.29 is 14.7 Å². The molecule has 118 valence electrons. The van der Waals surface area contributed by atoms with E-state index in [-0.39, 0.29) is 0 Å². The van der Waals surface area contributed by atoms with Gasteiger partial charge in [0.15, 0.2) is 0 Å². The second kappa shape index (κ2) is 7.28. The molecule has 1 aromatic carbocycles. The standard InChI is InChI=1S/C18H29NO2/c1-13-8-14(2)10-18(9-13)21-12-17(20)11-19-15(3)6-5-7-16(19)4/h8-10,15-17,20H,5-7,11-12H2,1-4H3/p+1/t15-,16-,17+/m0/s1. The van der Waals surface area contributed by atoms with Crippen molar-refractivity contribution >= 4 is 0 Å². The molecule has 1 aliphatic heterocycles. The van der Waals surface area contributed by atoms with Gasteiger partial charge in [-0.25, -0.2) is 0 Å². The van der Waals surface area contributed by atoms with Crippen molar-refractivity contribution in [2.24, 2.45) is 0 Å². The maximum atomic E-state index is 10.3. The van der Waals surface area contributed by atoms with E-state index >= 15 is 0 Å². The van der Waals surface area contributed by atoms with Crippen molar-refractivity contribution in [3.05, 3.63) is 29.3 Å². The second-order valence-electron chi connectivity index (χ2n) is 6.80. The molecule has 0 radical (unpaired) electrons. The van der Waals surface area contributed by atoms with Gasteiger partial charge in [0, 0.05) is 0 Å². The molecule has 1 saturated heterocycles. The van der Waals surface area contributed by atoms with E-state index in [0.717, 1.165) is 12.3 Å². The first-order valence-corrected chi connectivity index (χ1v) is 8.20. The van der Waals surface area contributed by atoms with Crippen molar-refractivity contribution in [1.29, 1.82) is 0 Å². The molecule has 1 aromatic rings. The number of benzene rings is 1. The first kappa shape index (κ1) is 16.3. The Bertz CT molecular complexity index is 430. The lowest BCUT2D eigenvalue weighted by Gasteiger charge is -2.36. The van der Waals surface area contributed by atoms with Gasteiger partial charge in [0.2, 0.25) is 0 Å². The summed E-state index contributed by atoms with van der Waals surface area (Å²) in [7, 11) is 0. The molecule has 1 heterocycles. The van der Waals surface area contributed by atoms with Crippen LogP contribution in [0, 0.1) is 13.8 Å². The highest BCUT2D eigenvalue weighted by Crippen LogP contribution is 2.16. The predicted molar refractivity (Wildman–Crippen MR) is 86.0 cm³/mol. The Morgan fingerprint density at radius 1 is 1.14 bits per heavy atom. The van der Waals surface area contributed by atoms with E-state index in [1.165, 1.54) is 35.3 Å². The molecule has 0 bridgehead atoms. The van der Waals surface area contributed by atoms with Crippen LogP contribution in [0.15, 0.2) is 18.2 Å². The van der Waals surface area contributed by atoms with Gasteiger partial charge in [-0.3, -0.25) is 0 Å². The monoisotopic (exact) mass is 292 g/mol. The van der Waals surface area contributed by atoms with Crippen molar-refractivity contribution in [1.82, 2.24) is 0 Å². The number of hydrogen-bond acceptors (Lipinski definition) is 2. The van der Waals surface area contributed by atoms with Crippen molar-refractivity contribution in [3.8, 4) is 5.75 Å². The fourth-order valence-corrected chi connectivity index (χ4v) is 3.53. The van der Waals surface area contributed by atoms with Crippen LogP contribution < -0.4 is 9.64 Å². The fraction of sp³-hybridized carbons (Fsp3) is 0.667. The van der Waals surface area contributed by atoms with Gasteiger partial charge in [0.1, 0.15) is 25.0 Å². The average molecular weight is 292 g/mol. The fourth-order valence-electron chi connectivity index (χ4n) is 3.53. The Kier molecular flexibility index (Phi) is 5.65. The van der Waals surface area contributed by atoms with Gasteiger partial charge in [-0.15, -0.1) is 0 Å². The third-order valence-electron chi connectivity index (χ3n) is 4.65. The van der Waals surface area contributed by atoms with Gasteiger partial charge in [-0.2, -0.15) is 0 Å². The third-order valence-corrected chi connectivity index (χ3v) is 4.65. The number of rotatable bonds is 5. The Labute approximate surface area is 128 Å². The van der Waals surface area contributed by atoms with Gasteiger partial charge in [-0.05, 0) is 70.2 Å². The van der Waals surface area contributed by atoms with Crippen molar-refractivity contribution in [2.75, 3.05) is 13.2 Å². The summed E-state index contributed by atoms with van der Waals surface area (Å²) in [6.07, 6.45) is 3.46. The van der Waals surface area contributed by atoms with Gasteiger partial charge in [0.25, 0.3) is 0 Å². The summed E-state index contributed by atoms with van der Waals surface area (Å²) in [5.74, 6) is 0.862. The molecule has 2 N–H and O–H groups in total. The van der Waals surface area contributed by atoms with Crippen LogP contribution in [0.1, 0.15) is 44.2 Å². The number of nitrogens with one attached hydrogen (secondary N) is 1. The van der Waals surface area contributed by atoms with Crippen molar-refractivity contribution in [2.45, 2.75) is 65.1 Å². The number of ether oxygens (including phenoxy) is 1. The van der Waals surface area contributed by atoms with Crippen molar-refractivity contribution in [3.63, 3.8) is 0 Å². The molecular weight excluding hydrogens is 262 g/mol. The maximum Gasteiger partial charge on any atom is 0.137 e. The predicted octanol–water partition coefficient (Wildman–Crippen LogP) is 1.89. The van der Waals surface area contributed by atoms with Gasteiger partial charge in [0.05, 0.1) is 12.1 Å². The first-order valence-electron chi connectivity index (χ1n) is 8.20. The molecule has 0 unspecified atom stereocenters. The van der Waals surface area contributed by atoms with Crippen LogP contribution in [0.25, 0.3) is 0 Å². The minimum atomic E-state index is -0.399. The lowest BCUT2D eigenvalue weighted by atomic mass is 9.97. The Morgan fingerprint density at radius 3 is 2.29 bits per heavy atom. The highest BCUT2D eigenvalue weighted by Gasteiger charge is 2.30. The van der Waals surface area contributed by atoms with Crippen LogP contribution in [0.4, 0.5) is 0 Å². The van der Waals surface area contributed by atoms with Crippen LogP contribution in [0.5, 0.6) is 5.75 Å². The van der Waals surface area contributed by atoms with Crippen LogP contribution >= 0.6 is 0 Å². The Balaban J connectivity index is 1.85. The molecule has 0 aromatic heterocycles. The number of piperidine rings is 1. The van der Waals surface area contributed by atoms with E-state index in [0.29, 0.717) is 18.7 Å². The van der Waals surface area contributed by atoms with Gasteiger partial charge >= 0.3 is 0 Å². The van der Waals surface area contributed by atoms with Gasteiger partial charge < -0.3 is 14.7 Å². The summed E-state index contributed by atoms with van der Waals surface area (Å²) in [6, 6.07) is 7.47. The molecule has 3 atom stereocenters. The SMILES string of the molecule is Cc1cc(C)cc(OC[C@H](O)C[NH+]2[C@@H](C)CCC[C@@H]2C)c1. The largest absolute Gasteiger partial charge is 0.491 e. The second-order valence-corrected chi connectivity index (χ2v) is 6.80. The molecule has 0 amide bonds. The Hall–Kier alpha value is -1.06. The molecule has 1 aliphatic rings. The molecule has 21 heavy (non-hydrogen) atoms. The van der Waals surface area contributed by atoms with Gasteiger partial charge in [-0.1, -0.05) is 6.07 Å². The zero-order valence-corrected chi connectivity index (χ0v) is 13.9. The molecule has 3 nitrogen and oxygen atoms in total. The van der Waals surface area contributed by atoms with Crippen LogP contribution in [0.3, 0.4) is 0 Å². The van der Waals surface area contributed by atoms with E-state index in [1.54, 1.807) is 0 Å². The van der Waals surface area contributed by atoms with E-state index < -0.39 is 6.10 Å². The minimum absolute atomic E-state index is 0.381. The minimum Gasteiger partial charge on any atom is -0.491 e. The van der Waals surface area contributed by atoms with E-state index in [4.69, 9.17) is 4.74 Å². The smallest absolute Gasteiger partial charge is 0.137 e. The lowest BCUT2D eigenvalue weighted by Crippen LogP contribution is -3.20. The average Bonchev–Trinajstić information content (AvgIpc) is 2.40. The summed E-state index contributed by atoms with van der Waals surface area (Å²) in [6.45, 7) is 9.89. The molecule has 0 saturated carbocycles. The maximum absolute atomic E-state index is 10.3. The van der Waals surface area contributed by atoms with Crippen LogP contribution in [-0.2, 0) is 0 Å². The Morgan fingerprint density at radius 2 is 1.71 bits per heavy atom. The van der Waals surface area contributed by atoms with E-state index in [9.17, 15) is 5.11 Å². The summed E-state index contributed by atoms with van der Waals surface area (Å²) in [5, 5.41) is 10.3. The quantitative estimate of drug-likeness (QED) is 0.869. The lowest BCUT2D eigenvalue weighted by molar-refractivity contribution is -0.954. The summed E-state index contributed by atoms with van der Waals surface area (Å²) in [4.78, 5) is 1.53. The van der Waals surface area contributed by atoms with Crippen LogP contribution in [-0.4, -0.2) is 36.4 Å². The molecule has 3 heteroatoms. The molecule has 0 spiro atoms. The number of aryl methyl sites for hydroxylation is 2. The summed E-state index contributed by atoms with van der Waals surface area (Å²) >= 11 is 0. The summed E-state index contributed by atoms with van der Waals surface area (Å²) in [5.41, 5.74) is 2.40. The topological polar surface area (TPSA) is 33.9 Å². The molecular formula is C18H30NO2+. The van der Waals surface area contributed by atoms with E-state index in [1.807, 2.05) is 12.1 Å². The highest BCUT2D eigenvalue weighted by molar-refractivity contribution is 5.32. The number of hydrogen-bond donors (Lipinski definition) is 2.